The van der Waals surface area contributed by atoms with E-state index in [4.69, 9.17) is 0 Å². The highest BCUT2D eigenvalue weighted by Crippen LogP contribution is 2.64. The Balaban J connectivity index is 2.76. The first-order valence-electron chi connectivity index (χ1n) is 9.56. The lowest BCUT2D eigenvalue weighted by Gasteiger charge is -2.63. The summed E-state index contributed by atoms with van der Waals surface area (Å²) < 4.78 is 0. The third-order valence-corrected chi connectivity index (χ3v) is 6.62. The summed E-state index contributed by atoms with van der Waals surface area (Å²) in [4.78, 5) is 0. The largest absolute Gasteiger partial charge is 0.0654 e. The fourth-order valence-electron chi connectivity index (χ4n) is 5.16. The summed E-state index contributed by atoms with van der Waals surface area (Å²) in [6.45, 7) is 14.6. The highest BCUT2D eigenvalue weighted by Gasteiger charge is 2.57. The van der Waals surface area contributed by atoms with Gasteiger partial charge in [-0.05, 0) is 41.9 Å². The average molecular weight is 281 g/mol. The van der Waals surface area contributed by atoms with Crippen molar-refractivity contribution in [3.8, 4) is 0 Å². The van der Waals surface area contributed by atoms with Gasteiger partial charge >= 0.3 is 0 Å². The first kappa shape index (κ1) is 18.1. The van der Waals surface area contributed by atoms with Crippen molar-refractivity contribution >= 4 is 0 Å². The molecular weight excluding hydrogens is 240 g/mol. The lowest BCUT2D eigenvalue weighted by Crippen LogP contribution is -2.57. The van der Waals surface area contributed by atoms with Crippen LogP contribution in [0.15, 0.2) is 0 Å². The number of hydrogen-bond acceptors (Lipinski definition) is 0. The highest BCUT2D eigenvalue weighted by atomic mass is 14.6. The fourth-order valence-corrected chi connectivity index (χ4v) is 5.16. The van der Waals surface area contributed by atoms with E-state index in [0.717, 1.165) is 23.7 Å². The summed E-state index contributed by atoms with van der Waals surface area (Å²) in [5, 5.41) is 0. The predicted molar refractivity (Wildman–Crippen MR) is 92.0 cm³/mol. The molecule has 0 aromatic carbocycles. The van der Waals surface area contributed by atoms with E-state index in [-0.39, 0.29) is 0 Å². The van der Waals surface area contributed by atoms with Crippen molar-refractivity contribution in [2.75, 3.05) is 0 Å². The van der Waals surface area contributed by atoms with Crippen LogP contribution >= 0.6 is 0 Å². The van der Waals surface area contributed by atoms with E-state index in [1.807, 2.05) is 0 Å². The molecule has 0 aliphatic heterocycles. The Morgan fingerprint density at radius 1 is 0.900 bits per heavy atom. The minimum atomic E-state index is 0.640. The molecule has 1 aliphatic carbocycles. The maximum absolute atomic E-state index is 2.61. The highest BCUT2D eigenvalue weighted by molar-refractivity contribution is 5.05. The Kier molecular flexibility index (Phi) is 7.62. The van der Waals surface area contributed by atoms with Crippen LogP contribution in [-0.4, -0.2) is 0 Å². The molecule has 0 heteroatoms. The molecule has 1 rings (SSSR count). The molecule has 0 aromatic heterocycles. The summed E-state index contributed by atoms with van der Waals surface area (Å²) in [5.74, 6) is 3.97. The van der Waals surface area contributed by atoms with E-state index < -0.39 is 0 Å². The molecule has 0 spiro atoms. The molecule has 0 N–H and O–H groups in total. The zero-order chi connectivity index (χ0) is 15.2. The minimum absolute atomic E-state index is 0.640. The molecule has 1 aliphatic rings. The molecule has 1 fully saturated rings. The molecule has 0 bridgehead atoms. The van der Waals surface area contributed by atoms with E-state index in [9.17, 15) is 0 Å². The van der Waals surface area contributed by atoms with Crippen molar-refractivity contribution in [3.63, 3.8) is 0 Å². The van der Waals surface area contributed by atoms with Crippen LogP contribution in [0, 0.1) is 29.1 Å². The fraction of sp³-hybridized carbons (Fsp3) is 1.00. The maximum atomic E-state index is 2.61. The molecule has 20 heavy (non-hydrogen) atoms. The van der Waals surface area contributed by atoms with E-state index in [2.05, 4.69) is 41.5 Å². The van der Waals surface area contributed by atoms with Gasteiger partial charge in [-0.15, -0.1) is 0 Å². The SMILES string of the molecule is CCCCCC1C(CCCC)C(C)(CC)C1C(C)CC. The van der Waals surface area contributed by atoms with Gasteiger partial charge in [-0.2, -0.15) is 0 Å². The van der Waals surface area contributed by atoms with Gasteiger partial charge in [0.05, 0.1) is 0 Å². The first-order chi connectivity index (χ1) is 9.56. The quantitative estimate of drug-likeness (QED) is 0.375. The average Bonchev–Trinajstić information content (AvgIpc) is 2.46. The van der Waals surface area contributed by atoms with Gasteiger partial charge in [0.1, 0.15) is 0 Å². The van der Waals surface area contributed by atoms with Crippen LogP contribution in [0.1, 0.15) is 99.3 Å². The van der Waals surface area contributed by atoms with E-state index in [0.29, 0.717) is 5.41 Å². The molecule has 5 atom stereocenters. The van der Waals surface area contributed by atoms with E-state index in [1.54, 1.807) is 0 Å². The minimum Gasteiger partial charge on any atom is -0.0654 e. The van der Waals surface area contributed by atoms with Crippen molar-refractivity contribution in [1.29, 1.82) is 0 Å². The van der Waals surface area contributed by atoms with Gasteiger partial charge in [-0.3, -0.25) is 0 Å². The Hall–Kier alpha value is 0. The van der Waals surface area contributed by atoms with Crippen LogP contribution in [0.3, 0.4) is 0 Å². The van der Waals surface area contributed by atoms with Crippen LogP contribution < -0.4 is 0 Å². The number of hydrogen-bond donors (Lipinski definition) is 0. The molecule has 120 valence electrons. The van der Waals surface area contributed by atoms with Crippen LogP contribution in [0.2, 0.25) is 0 Å². The van der Waals surface area contributed by atoms with Gasteiger partial charge < -0.3 is 0 Å². The zero-order valence-corrected chi connectivity index (χ0v) is 15.2. The molecule has 0 heterocycles. The summed E-state index contributed by atoms with van der Waals surface area (Å²) in [6, 6.07) is 0. The Bertz CT molecular complexity index is 257. The third-order valence-electron chi connectivity index (χ3n) is 6.62. The zero-order valence-electron chi connectivity index (χ0n) is 15.2. The standard InChI is InChI=1S/C20H40/c1-7-11-13-14-17-18(15-12-8-2)20(6,10-4)19(17)16(5)9-3/h16-19H,7-15H2,1-6H3. The summed E-state index contributed by atoms with van der Waals surface area (Å²) in [5.41, 5.74) is 0.640. The smallest absolute Gasteiger partial charge is 0.0264 e. The van der Waals surface area contributed by atoms with Crippen LogP contribution in [0.25, 0.3) is 0 Å². The number of rotatable bonds is 10. The van der Waals surface area contributed by atoms with Gasteiger partial charge in [-0.1, -0.05) is 86.5 Å². The summed E-state index contributed by atoms with van der Waals surface area (Å²) in [6.07, 6.45) is 12.8. The maximum Gasteiger partial charge on any atom is -0.0264 e. The van der Waals surface area contributed by atoms with Gasteiger partial charge in [0.2, 0.25) is 0 Å². The van der Waals surface area contributed by atoms with E-state index >= 15 is 0 Å². The third kappa shape index (κ3) is 3.60. The molecule has 0 radical (unpaired) electrons. The van der Waals surface area contributed by atoms with Crippen LogP contribution in [0.4, 0.5) is 0 Å². The van der Waals surface area contributed by atoms with Crippen LogP contribution in [0.5, 0.6) is 0 Å². The number of unbranched alkanes of at least 4 members (excludes halogenated alkanes) is 3. The topological polar surface area (TPSA) is 0 Å². The monoisotopic (exact) mass is 280 g/mol. The molecule has 0 saturated heterocycles. The van der Waals surface area contributed by atoms with Crippen molar-refractivity contribution in [2.45, 2.75) is 99.3 Å². The van der Waals surface area contributed by atoms with Crippen molar-refractivity contribution in [3.05, 3.63) is 0 Å². The predicted octanol–water partition coefficient (Wildman–Crippen LogP) is 7.08. The van der Waals surface area contributed by atoms with Crippen molar-refractivity contribution < 1.29 is 0 Å². The summed E-state index contributed by atoms with van der Waals surface area (Å²) in [7, 11) is 0. The van der Waals surface area contributed by atoms with E-state index in [1.165, 1.54) is 57.8 Å². The Morgan fingerprint density at radius 3 is 2.05 bits per heavy atom. The first-order valence-corrected chi connectivity index (χ1v) is 9.56. The van der Waals surface area contributed by atoms with Crippen LogP contribution in [-0.2, 0) is 0 Å². The van der Waals surface area contributed by atoms with Crippen molar-refractivity contribution in [1.82, 2.24) is 0 Å². The Labute approximate surface area is 129 Å². The van der Waals surface area contributed by atoms with Gasteiger partial charge in [0.25, 0.3) is 0 Å². The Morgan fingerprint density at radius 2 is 1.55 bits per heavy atom. The second-order valence-corrected chi connectivity index (χ2v) is 7.68. The second-order valence-electron chi connectivity index (χ2n) is 7.68. The van der Waals surface area contributed by atoms with Crippen molar-refractivity contribution in [2.24, 2.45) is 29.1 Å². The normalized spacial score (nSPS) is 34.8. The van der Waals surface area contributed by atoms with Gasteiger partial charge in [0, 0.05) is 0 Å². The molecule has 0 nitrogen and oxygen atoms in total. The molecule has 1 saturated carbocycles. The molecule has 0 aromatic rings. The molecule has 0 amide bonds. The second kappa shape index (κ2) is 8.44. The summed E-state index contributed by atoms with van der Waals surface area (Å²) >= 11 is 0. The van der Waals surface area contributed by atoms with Gasteiger partial charge in [0.15, 0.2) is 0 Å². The van der Waals surface area contributed by atoms with Gasteiger partial charge in [-0.25, -0.2) is 0 Å². The lowest BCUT2D eigenvalue weighted by molar-refractivity contribution is -0.149. The lowest BCUT2D eigenvalue weighted by atomic mass is 9.42. The molecule has 5 unspecified atom stereocenters. The molecular formula is C20H40.